The van der Waals surface area contributed by atoms with Gasteiger partial charge in [0, 0.05) is 11.6 Å². The quantitative estimate of drug-likeness (QED) is 0.790. The summed E-state index contributed by atoms with van der Waals surface area (Å²) in [5.74, 6) is -2.34. The van der Waals surface area contributed by atoms with Crippen molar-refractivity contribution in [3.05, 3.63) is 29.1 Å². The number of carbonyl (C=O) groups is 1. The lowest BCUT2D eigenvalue weighted by molar-refractivity contribution is 0.0693. The molecule has 0 aromatic heterocycles. The van der Waals surface area contributed by atoms with Gasteiger partial charge in [0.05, 0.1) is 0 Å². The highest BCUT2D eigenvalue weighted by Gasteiger charge is 2.22. The molecule has 1 aromatic rings. The van der Waals surface area contributed by atoms with Crippen molar-refractivity contribution in [1.82, 2.24) is 0 Å². The van der Waals surface area contributed by atoms with Crippen LogP contribution in [0.15, 0.2) is 12.1 Å². The number of carboxylic acid groups (broad SMARTS) is 1. The molecule has 1 rings (SSSR count). The second-order valence-corrected chi connectivity index (χ2v) is 4.40. The maximum absolute atomic E-state index is 13.6. The molecule has 0 saturated heterocycles. The average Bonchev–Trinajstić information content (AvgIpc) is 2.15. The predicted molar refractivity (Wildman–Crippen MR) is 68.7 cm³/mol. The van der Waals surface area contributed by atoms with Crippen LogP contribution in [0.25, 0.3) is 0 Å². The summed E-state index contributed by atoms with van der Waals surface area (Å²) in [6.45, 7) is 3.83. The van der Waals surface area contributed by atoms with Crippen molar-refractivity contribution >= 4 is 18.4 Å². The average molecular weight is 278 g/mol. The number of phenols is 1. The van der Waals surface area contributed by atoms with Crippen molar-refractivity contribution in [2.24, 2.45) is 11.7 Å². The Balaban J connectivity index is 0.00000289. The monoisotopic (exact) mass is 277 g/mol. The van der Waals surface area contributed by atoms with E-state index in [1.807, 2.05) is 13.8 Å². The Kier molecular flexibility index (Phi) is 6.08. The van der Waals surface area contributed by atoms with Crippen molar-refractivity contribution in [3.63, 3.8) is 0 Å². The van der Waals surface area contributed by atoms with Crippen LogP contribution in [0.2, 0.25) is 0 Å². The summed E-state index contributed by atoms with van der Waals surface area (Å²) >= 11 is 0. The molecule has 1 atom stereocenters. The van der Waals surface area contributed by atoms with Crippen LogP contribution >= 0.6 is 12.4 Å². The van der Waals surface area contributed by atoms with E-state index in [-0.39, 0.29) is 29.5 Å². The number of nitrogens with two attached hydrogens (primary N) is 1. The molecule has 0 aliphatic heterocycles. The van der Waals surface area contributed by atoms with Crippen LogP contribution in [-0.4, -0.2) is 16.2 Å². The van der Waals surface area contributed by atoms with E-state index in [9.17, 15) is 14.3 Å². The Bertz CT molecular complexity index is 438. The summed E-state index contributed by atoms with van der Waals surface area (Å²) in [6.07, 6.45) is 0.466. The topological polar surface area (TPSA) is 83.6 Å². The van der Waals surface area contributed by atoms with Gasteiger partial charge in [0.2, 0.25) is 0 Å². The first-order valence-corrected chi connectivity index (χ1v) is 5.34. The van der Waals surface area contributed by atoms with Gasteiger partial charge in [0.25, 0.3) is 0 Å². The Morgan fingerprint density at radius 2 is 2.00 bits per heavy atom. The molecule has 0 saturated carbocycles. The fourth-order valence-electron chi connectivity index (χ4n) is 1.73. The molecule has 0 fully saturated rings. The van der Waals surface area contributed by atoms with E-state index >= 15 is 0 Å². The first-order valence-electron chi connectivity index (χ1n) is 5.34. The van der Waals surface area contributed by atoms with Gasteiger partial charge in [-0.25, -0.2) is 9.18 Å². The largest absolute Gasteiger partial charge is 0.507 e. The van der Waals surface area contributed by atoms with E-state index in [2.05, 4.69) is 0 Å². The molecule has 0 radical (unpaired) electrons. The fourth-order valence-corrected chi connectivity index (χ4v) is 1.73. The Labute approximate surface area is 111 Å². The van der Waals surface area contributed by atoms with Gasteiger partial charge in [-0.2, -0.15) is 0 Å². The van der Waals surface area contributed by atoms with Crippen molar-refractivity contribution in [2.45, 2.75) is 26.3 Å². The van der Waals surface area contributed by atoms with Gasteiger partial charge < -0.3 is 15.9 Å². The molecule has 0 unspecified atom stereocenters. The second-order valence-electron chi connectivity index (χ2n) is 4.40. The summed E-state index contributed by atoms with van der Waals surface area (Å²) < 4.78 is 13.6. The highest BCUT2D eigenvalue weighted by molar-refractivity contribution is 5.91. The molecule has 18 heavy (non-hydrogen) atoms. The standard InChI is InChI=1S/C12H16FNO3.ClH/c1-6(2)5-9(14)10-8(13)4-3-7(11(10)15)12(16)17;/h3-4,6,9,15H,5,14H2,1-2H3,(H,16,17);1H/t9-;/m0./s1. The van der Waals surface area contributed by atoms with E-state index in [0.717, 1.165) is 12.1 Å². The van der Waals surface area contributed by atoms with Crippen LogP contribution in [0.4, 0.5) is 4.39 Å². The molecule has 102 valence electrons. The van der Waals surface area contributed by atoms with Crippen LogP contribution in [0.1, 0.15) is 42.2 Å². The maximum Gasteiger partial charge on any atom is 0.339 e. The summed E-state index contributed by atoms with van der Waals surface area (Å²) in [7, 11) is 0. The van der Waals surface area contributed by atoms with Crippen LogP contribution in [-0.2, 0) is 0 Å². The molecule has 0 heterocycles. The minimum atomic E-state index is -1.31. The molecular formula is C12H17ClFNO3. The molecule has 1 aromatic carbocycles. The van der Waals surface area contributed by atoms with Crippen molar-refractivity contribution in [3.8, 4) is 5.75 Å². The zero-order valence-electron chi connectivity index (χ0n) is 10.2. The van der Waals surface area contributed by atoms with E-state index in [4.69, 9.17) is 10.8 Å². The molecule has 0 bridgehead atoms. The van der Waals surface area contributed by atoms with E-state index in [1.165, 1.54) is 0 Å². The Morgan fingerprint density at radius 1 is 1.44 bits per heavy atom. The first kappa shape index (κ1) is 16.7. The second kappa shape index (κ2) is 6.56. The van der Waals surface area contributed by atoms with E-state index in [1.54, 1.807) is 0 Å². The third-order valence-electron chi connectivity index (χ3n) is 2.49. The van der Waals surface area contributed by atoms with Gasteiger partial charge in [-0.05, 0) is 24.5 Å². The smallest absolute Gasteiger partial charge is 0.339 e. The van der Waals surface area contributed by atoms with Gasteiger partial charge in [-0.15, -0.1) is 12.4 Å². The number of aromatic carboxylic acids is 1. The molecular weight excluding hydrogens is 261 g/mol. The van der Waals surface area contributed by atoms with Gasteiger partial charge in [0.15, 0.2) is 0 Å². The zero-order chi connectivity index (χ0) is 13.2. The number of hydrogen-bond donors (Lipinski definition) is 3. The maximum atomic E-state index is 13.6. The normalized spacial score (nSPS) is 12.1. The van der Waals surface area contributed by atoms with Gasteiger partial charge >= 0.3 is 5.97 Å². The minimum absolute atomic E-state index is 0. The Hall–Kier alpha value is -1.33. The van der Waals surface area contributed by atoms with Crippen LogP contribution in [0, 0.1) is 11.7 Å². The van der Waals surface area contributed by atoms with Gasteiger partial charge in [0.1, 0.15) is 17.1 Å². The van der Waals surface area contributed by atoms with Crippen LogP contribution in [0.3, 0.4) is 0 Å². The third-order valence-corrected chi connectivity index (χ3v) is 2.49. The number of hydrogen-bond acceptors (Lipinski definition) is 3. The Morgan fingerprint density at radius 3 is 2.44 bits per heavy atom. The lowest BCUT2D eigenvalue weighted by Gasteiger charge is -2.17. The summed E-state index contributed by atoms with van der Waals surface area (Å²) in [6, 6.07) is 1.33. The van der Waals surface area contributed by atoms with E-state index < -0.39 is 23.6 Å². The molecule has 0 aliphatic carbocycles. The molecule has 6 heteroatoms. The molecule has 0 spiro atoms. The molecule has 0 aliphatic rings. The third kappa shape index (κ3) is 3.58. The molecule has 0 amide bonds. The first-order chi connectivity index (χ1) is 7.84. The summed E-state index contributed by atoms with van der Waals surface area (Å²) in [5, 5.41) is 18.5. The van der Waals surface area contributed by atoms with Crippen molar-refractivity contribution in [1.29, 1.82) is 0 Å². The zero-order valence-corrected chi connectivity index (χ0v) is 11.0. The van der Waals surface area contributed by atoms with Crippen molar-refractivity contribution < 1.29 is 19.4 Å². The van der Waals surface area contributed by atoms with Crippen molar-refractivity contribution in [2.75, 3.05) is 0 Å². The molecule has 4 nitrogen and oxygen atoms in total. The number of aromatic hydroxyl groups is 1. The SMILES string of the molecule is CC(C)C[C@H](N)c1c(F)ccc(C(=O)O)c1O.Cl. The summed E-state index contributed by atoms with van der Waals surface area (Å²) in [5.41, 5.74) is 5.31. The molecule has 4 N–H and O–H groups in total. The minimum Gasteiger partial charge on any atom is -0.507 e. The van der Waals surface area contributed by atoms with Gasteiger partial charge in [-0.1, -0.05) is 13.8 Å². The van der Waals surface area contributed by atoms with Crippen LogP contribution in [0.5, 0.6) is 5.75 Å². The number of rotatable bonds is 4. The lowest BCUT2D eigenvalue weighted by Crippen LogP contribution is -2.16. The van der Waals surface area contributed by atoms with Crippen LogP contribution < -0.4 is 5.73 Å². The predicted octanol–water partition coefficient (Wildman–Crippen LogP) is 2.70. The van der Waals surface area contributed by atoms with Gasteiger partial charge in [-0.3, -0.25) is 0 Å². The summed E-state index contributed by atoms with van der Waals surface area (Å²) in [4.78, 5) is 10.8. The number of halogens is 2. The highest BCUT2D eigenvalue weighted by atomic mass is 35.5. The highest BCUT2D eigenvalue weighted by Crippen LogP contribution is 2.32. The fraction of sp³-hybridized carbons (Fsp3) is 0.417. The lowest BCUT2D eigenvalue weighted by atomic mass is 9.95. The van der Waals surface area contributed by atoms with E-state index in [0.29, 0.717) is 6.42 Å². The number of benzene rings is 1. The number of carboxylic acids is 1.